The summed E-state index contributed by atoms with van der Waals surface area (Å²) in [5.74, 6) is -2.95. The number of nitrogens with two attached hydrogens (primary N) is 1. The molecule has 0 aliphatic carbocycles. The van der Waals surface area contributed by atoms with Crippen molar-refractivity contribution in [3.05, 3.63) is 22.2 Å². The zero-order valence-corrected chi connectivity index (χ0v) is 13.6. The molecule has 5 N–H and O–H groups in total. The summed E-state index contributed by atoms with van der Waals surface area (Å²) in [6.07, 6.45) is 0.938. The Morgan fingerprint density at radius 2 is 1.91 bits per heavy atom. The van der Waals surface area contributed by atoms with Crippen LogP contribution in [0.4, 0.5) is 11.4 Å². The highest BCUT2D eigenvalue weighted by atomic mass is 79.9. The van der Waals surface area contributed by atoms with E-state index in [-0.39, 0.29) is 23.7 Å². The number of amides is 1. The number of primary sulfonamides is 1. The molecule has 0 spiro atoms. The Kier molecular flexibility index (Phi) is 5.63. The molecule has 1 aliphatic heterocycles. The quantitative estimate of drug-likeness (QED) is 0.406. The van der Waals surface area contributed by atoms with Crippen LogP contribution in [0.1, 0.15) is 10.4 Å². The Hall–Kier alpha value is -1.98. The lowest BCUT2D eigenvalue weighted by atomic mass is 10.1. The van der Waals surface area contributed by atoms with Crippen molar-refractivity contribution in [2.75, 3.05) is 23.4 Å². The smallest absolute Gasteiger partial charge is 0.377 e. The molecule has 0 aromatic heterocycles. The molecule has 1 aromatic carbocycles. The van der Waals surface area contributed by atoms with Gasteiger partial charge in [-0.2, -0.15) is 0 Å². The van der Waals surface area contributed by atoms with Gasteiger partial charge in [-0.05, 0) is 12.1 Å². The Morgan fingerprint density at radius 3 is 2.41 bits per heavy atom. The van der Waals surface area contributed by atoms with Crippen LogP contribution in [0, 0.1) is 0 Å². The van der Waals surface area contributed by atoms with Gasteiger partial charge in [0.05, 0.1) is 29.7 Å². The predicted molar refractivity (Wildman–Crippen MR) is 82.3 cm³/mol. The largest absolute Gasteiger partial charge is 0.475 e. The summed E-state index contributed by atoms with van der Waals surface area (Å²) in [5.41, 5.74) is 0.669. The van der Waals surface area contributed by atoms with Crippen LogP contribution in [0.3, 0.4) is 0 Å². The van der Waals surface area contributed by atoms with Gasteiger partial charge in [0.2, 0.25) is 15.9 Å². The second-order valence-electron chi connectivity index (χ2n) is 4.24. The van der Waals surface area contributed by atoms with Crippen molar-refractivity contribution < 1.29 is 27.9 Å². The topological polar surface area (TPSA) is 156 Å². The van der Waals surface area contributed by atoms with Gasteiger partial charge in [-0.15, -0.1) is 0 Å². The summed E-state index contributed by atoms with van der Waals surface area (Å²) in [4.78, 5) is 33.4. The number of anilines is 2. The first-order valence-electron chi connectivity index (χ1n) is 5.61. The Balaban J connectivity index is 0.000000422. The average molecular weight is 394 g/mol. The van der Waals surface area contributed by atoms with Crippen LogP contribution >= 0.6 is 15.9 Å². The van der Waals surface area contributed by atoms with Crippen molar-refractivity contribution in [2.24, 2.45) is 5.14 Å². The molecule has 22 heavy (non-hydrogen) atoms. The van der Waals surface area contributed by atoms with E-state index in [4.69, 9.17) is 5.11 Å². The molecule has 1 amide bonds. The lowest BCUT2D eigenvalue weighted by Gasteiger charge is -2.21. The fourth-order valence-corrected chi connectivity index (χ4v) is 1.99. The van der Waals surface area contributed by atoms with Crippen molar-refractivity contribution in [1.82, 2.24) is 0 Å². The van der Waals surface area contributed by atoms with Gasteiger partial charge in [0.1, 0.15) is 0 Å². The minimum atomic E-state index is -3.17. The van der Waals surface area contributed by atoms with Gasteiger partial charge in [-0.3, -0.25) is 9.59 Å². The summed E-state index contributed by atoms with van der Waals surface area (Å²) < 4.78 is 19.4. The maximum Gasteiger partial charge on any atom is 0.377 e. The van der Waals surface area contributed by atoms with Gasteiger partial charge in [0, 0.05) is 4.47 Å². The number of hydrogen-bond donors (Lipinski definition) is 4. The van der Waals surface area contributed by atoms with Crippen LogP contribution in [0.25, 0.3) is 0 Å². The lowest BCUT2D eigenvalue weighted by Crippen LogP contribution is -2.29. The van der Waals surface area contributed by atoms with E-state index in [1.807, 2.05) is 0 Å². The molecule has 0 radical (unpaired) electrons. The van der Waals surface area contributed by atoms with E-state index in [1.165, 1.54) is 6.07 Å². The fourth-order valence-electron chi connectivity index (χ4n) is 1.53. The monoisotopic (exact) mass is 393 g/mol. The minimum absolute atomic E-state index is 0.0533. The zero-order chi connectivity index (χ0) is 17.1. The number of ketones is 1. The average Bonchev–Trinajstić information content (AvgIpc) is 2.35. The van der Waals surface area contributed by atoms with Gasteiger partial charge in [0.15, 0.2) is 0 Å². The maximum absolute atomic E-state index is 11.5. The number of carboxylic acid groups (broad SMARTS) is 1. The molecular weight excluding hydrogens is 382 g/mol. The van der Waals surface area contributed by atoms with Crippen LogP contribution in [0.5, 0.6) is 0 Å². The first-order valence-corrected chi connectivity index (χ1v) is 8.36. The number of Topliss-reactive ketones (excluding diaryl/α,β-unsaturated/α-hetero) is 1. The van der Waals surface area contributed by atoms with Crippen molar-refractivity contribution >= 4 is 55.0 Å². The van der Waals surface area contributed by atoms with Gasteiger partial charge in [0.25, 0.3) is 5.78 Å². The number of nitrogens with one attached hydrogen (secondary N) is 2. The molecule has 0 saturated carbocycles. The lowest BCUT2D eigenvalue weighted by molar-refractivity contribution is -0.131. The number of fused-ring (bicyclic) bond motifs is 1. The number of rotatable bonds is 2. The highest BCUT2D eigenvalue weighted by molar-refractivity contribution is 9.10. The van der Waals surface area contributed by atoms with E-state index in [0.29, 0.717) is 10.2 Å². The number of carbonyl (C=O) groups excluding carboxylic acids is 2. The molecule has 0 fully saturated rings. The first-order chi connectivity index (χ1) is 9.99. The molecule has 11 heteroatoms. The van der Waals surface area contributed by atoms with Crippen molar-refractivity contribution in [3.63, 3.8) is 0 Å². The first kappa shape index (κ1) is 18.1. The van der Waals surface area contributed by atoms with E-state index >= 15 is 0 Å². The van der Waals surface area contributed by atoms with Crippen molar-refractivity contribution in [2.45, 2.75) is 0 Å². The molecule has 0 atom stereocenters. The van der Waals surface area contributed by atoms with E-state index in [0.717, 1.165) is 6.26 Å². The van der Waals surface area contributed by atoms with Gasteiger partial charge < -0.3 is 15.7 Å². The van der Waals surface area contributed by atoms with Crippen LogP contribution in [0.2, 0.25) is 0 Å². The molecule has 2 rings (SSSR count). The van der Waals surface area contributed by atoms with E-state index in [2.05, 4.69) is 31.7 Å². The van der Waals surface area contributed by atoms with Crippen LogP contribution in [-0.2, 0) is 19.6 Å². The van der Waals surface area contributed by atoms with E-state index in [9.17, 15) is 22.8 Å². The number of sulfonamides is 1. The molecule has 120 valence electrons. The standard InChI is InChI=1S/C10H7BrN2O4.CH5NO2S/c11-4-1-5(9(15)10(16)17)8-6(2-4)12-3-7(14)13-8;1-5(2,3)4/h1-2,12H,3H2,(H,13,14)(H,16,17);1H3,(H2,2,3,4). The van der Waals surface area contributed by atoms with Crippen molar-refractivity contribution in [1.29, 1.82) is 0 Å². The number of aliphatic carboxylic acids is 1. The SMILES string of the molecule is CS(N)(=O)=O.O=C1CNc2cc(Br)cc(C(=O)C(=O)O)c2N1. The maximum atomic E-state index is 11.5. The molecule has 0 unspecified atom stereocenters. The molecular formula is C11H12BrN3O6S. The highest BCUT2D eigenvalue weighted by Crippen LogP contribution is 2.32. The summed E-state index contributed by atoms with van der Waals surface area (Å²) in [6, 6.07) is 3.02. The van der Waals surface area contributed by atoms with Gasteiger partial charge in [-0.1, -0.05) is 15.9 Å². The van der Waals surface area contributed by atoms with Crippen LogP contribution in [0.15, 0.2) is 16.6 Å². The van der Waals surface area contributed by atoms with E-state index in [1.54, 1.807) is 6.07 Å². The number of halogens is 1. The molecule has 9 nitrogen and oxygen atoms in total. The second-order valence-corrected chi connectivity index (χ2v) is 6.82. The summed E-state index contributed by atoms with van der Waals surface area (Å²) in [5, 5.41) is 18.3. The van der Waals surface area contributed by atoms with Gasteiger partial charge >= 0.3 is 5.97 Å². The minimum Gasteiger partial charge on any atom is -0.475 e. The number of benzene rings is 1. The summed E-state index contributed by atoms with van der Waals surface area (Å²) in [7, 11) is -3.17. The Labute approximate surface area is 134 Å². The molecule has 1 aliphatic rings. The zero-order valence-electron chi connectivity index (χ0n) is 11.2. The Morgan fingerprint density at radius 1 is 1.36 bits per heavy atom. The number of hydrogen-bond acceptors (Lipinski definition) is 6. The molecule has 0 bridgehead atoms. The molecule has 0 saturated heterocycles. The summed E-state index contributed by atoms with van der Waals surface area (Å²) in [6.45, 7) is 0.0875. The van der Waals surface area contributed by atoms with Crippen molar-refractivity contribution in [3.8, 4) is 0 Å². The Bertz CT molecular complexity index is 738. The van der Waals surface area contributed by atoms with Crippen LogP contribution < -0.4 is 15.8 Å². The third-order valence-corrected chi connectivity index (χ3v) is 2.70. The fraction of sp³-hybridized carbons (Fsp3) is 0.182. The second kappa shape index (κ2) is 6.85. The number of carboxylic acids is 1. The van der Waals surface area contributed by atoms with Crippen LogP contribution in [-0.4, -0.2) is 44.0 Å². The molecule has 1 aromatic rings. The third-order valence-electron chi connectivity index (χ3n) is 2.25. The normalized spacial score (nSPS) is 13.0. The third kappa shape index (κ3) is 5.42. The summed E-state index contributed by atoms with van der Waals surface area (Å²) >= 11 is 3.18. The molecule has 1 heterocycles. The van der Waals surface area contributed by atoms with E-state index < -0.39 is 21.8 Å². The highest BCUT2D eigenvalue weighted by Gasteiger charge is 2.25. The number of carbonyl (C=O) groups is 3. The predicted octanol–water partition coefficient (Wildman–Crippen LogP) is -0.0149. The van der Waals surface area contributed by atoms with Gasteiger partial charge in [-0.25, -0.2) is 18.4 Å².